The highest BCUT2D eigenvalue weighted by atomic mass is 16.6. The van der Waals surface area contributed by atoms with E-state index in [0.29, 0.717) is 0 Å². The lowest BCUT2D eigenvalue weighted by molar-refractivity contribution is -0.122. The van der Waals surface area contributed by atoms with E-state index in [0.717, 1.165) is 12.8 Å². The summed E-state index contributed by atoms with van der Waals surface area (Å²) in [7, 11) is 0. The van der Waals surface area contributed by atoms with Crippen LogP contribution in [0.4, 0.5) is 0 Å². The van der Waals surface area contributed by atoms with Crippen LogP contribution in [0.25, 0.3) is 0 Å². The van der Waals surface area contributed by atoms with Gasteiger partial charge in [0.1, 0.15) is 18.2 Å². The average Bonchev–Trinajstić information content (AvgIpc) is 2.86. The lowest BCUT2D eigenvalue weighted by atomic mass is 9.98. The highest BCUT2D eigenvalue weighted by Crippen LogP contribution is 2.36. The van der Waals surface area contributed by atoms with Gasteiger partial charge in [0.25, 0.3) is 0 Å². The minimum Gasteiger partial charge on any atom is -0.352 e. The standard InChI is InChI=1S/C8H10N2O2/c9-3-5(7-8(10)12-7)6(11)4-1-2-4/h4-5,7-8H,1-2,10H2. The summed E-state index contributed by atoms with van der Waals surface area (Å²) in [6, 6.07) is 1.96. The van der Waals surface area contributed by atoms with E-state index in [1.165, 1.54) is 0 Å². The minimum absolute atomic E-state index is 0.0236. The zero-order valence-corrected chi connectivity index (χ0v) is 6.56. The predicted molar refractivity (Wildman–Crippen MR) is 39.7 cm³/mol. The smallest absolute Gasteiger partial charge is 0.155 e. The maximum atomic E-state index is 11.4. The summed E-state index contributed by atoms with van der Waals surface area (Å²) in [5.41, 5.74) is 5.38. The van der Waals surface area contributed by atoms with Gasteiger partial charge < -0.3 is 10.5 Å². The van der Waals surface area contributed by atoms with Crippen molar-refractivity contribution in [1.29, 1.82) is 5.26 Å². The lowest BCUT2D eigenvalue weighted by Gasteiger charge is -2.01. The molecule has 2 N–H and O–H groups in total. The van der Waals surface area contributed by atoms with Crippen LogP contribution in [0, 0.1) is 23.2 Å². The molecule has 0 aromatic carbocycles. The maximum absolute atomic E-state index is 11.4. The molecule has 1 saturated heterocycles. The topological polar surface area (TPSA) is 79.4 Å². The van der Waals surface area contributed by atoms with Crippen LogP contribution in [0.5, 0.6) is 0 Å². The summed E-state index contributed by atoms with van der Waals surface area (Å²) in [5, 5.41) is 8.69. The normalized spacial score (nSPS) is 35.3. The van der Waals surface area contributed by atoms with Crippen LogP contribution in [0.3, 0.4) is 0 Å². The molecule has 2 fully saturated rings. The van der Waals surface area contributed by atoms with Gasteiger partial charge >= 0.3 is 0 Å². The van der Waals surface area contributed by atoms with Crippen molar-refractivity contribution >= 4 is 5.78 Å². The molecule has 4 heteroatoms. The van der Waals surface area contributed by atoms with Crippen molar-refractivity contribution in [3.63, 3.8) is 0 Å². The molecular formula is C8H10N2O2. The molecule has 2 aliphatic rings. The average molecular weight is 166 g/mol. The molecule has 3 atom stereocenters. The summed E-state index contributed by atoms with van der Waals surface area (Å²) >= 11 is 0. The van der Waals surface area contributed by atoms with Crippen LogP contribution in [0.1, 0.15) is 12.8 Å². The Bertz CT molecular complexity index is 254. The number of hydrogen-bond donors (Lipinski definition) is 1. The van der Waals surface area contributed by atoms with Gasteiger partial charge in [-0.25, -0.2) is 0 Å². The Hall–Kier alpha value is -0.920. The molecule has 0 bridgehead atoms. The third-order valence-corrected chi connectivity index (χ3v) is 2.32. The quantitative estimate of drug-likeness (QED) is 0.588. The SMILES string of the molecule is N#CC(C(=O)C1CC1)C1OC1N. The number of ether oxygens (including phenoxy) is 1. The molecule has 1 saturated carbocycles. The summed E-state index contributed by atoms with van der Waals surface area (Å²) in [5.74, 6) is -0.478. The molecule has 1 aliphatic carbocycles. The molecule has 4 nitrogen and oxygen atoms in total. The Morgan fingerprint density at radius 2 is 2.25 bits per heavy atom. The third kappa shape index (κ3) is 1.22. The van der Waals surface area contributed by atoms with Crippen molar-refractivity contribution in [2.75, 3.05) is 0 Å². The van der Waals surface area contributed by atoms with Crippen LogP contribution in [0.2, 0.25) is 0 Å². The van der Waals surface area contributed by atoms with Gasteiger partial charge in [-0.2, -0.15) is 5.26 Å². The van der Waals surface area contributed by atoms with Gasteiger partial charge in [-0.3, -0.25) is 4.79 Å². The molecule has 64 valence electrons. The van der Waals surface area contributed by atoms with E-state index in [1.807, 2.05) is 6.07 Å². The first-order valence-corrected chi connectivity index (χ1v) is 4.08. The number of nitriles is 1. The van der Waals surface area contributed by atoms with Crippen LogP contribution >= 0.6 is 0 Å². The van der Waals surface area contributed by atoms with Crippen molar-refractivity contribution in [1.82, 2.24) is 0 Å². The number of ketones is 1. The Labute approximate surface area is 70.3 Å². The molecule has 1 heterocycles. The Kier molecular flexibility index (Phi) is 1.63. The number of nitrogens with zero attached hydrogens (tertiary/aromatic N) is 1. The van der Waals surface area contributed by atoms with Crippen LogP contribution in [-0.2, 0) is 9.53 Å². The summed E-state index contributed by atoms with van der Waals surface area (Å²) in [4.78, 5) is 11.4. The van der Waals surface area contributed by atoms with E-state index < -0.39 is 12.1 Å². The summed E-state index contributed by atoms with van der Waals surface area (Å²) in [6.45, 7) is 0. The van der Waals surface area contributed by atoms with Gasteiger partial charge in [-0.1, -0.05) is 0 Å². The second-order valence-electron chi connectivity index (χ2n) is 3.35. The number of hydrogen-bond acceptors (Lipinski definition) is 4. The second kappa shape index (κ2) is 2.54. The number of carbonyl (C=O) groups excluding carboxylic acids is 1. The molecular weight excluding hydrogens is 156 g/mol. The van der Waals surface area contributed by atoms with E-state index in [9.17, 15) is 4.79 Å². The molecule has 0 amide bonds. The van der Waals surface area contributed by atoms with Gasteiger partial charge in [-0.05, 0) is 12.8 Å². The van der Waals surface area contributed by atoms with Crippen molar-refractivity contribution in [3.8, 4) is 6.07 Å². The molecule has 12 heavy (non-hydrogen) atoms. The van der Waals surface area contributed by atoms with E-state index in [4.69, 9.17) is 15.7 Å². The predicted octanol–water partition coefficient (Wildman–Crippen LogP) is -0.211. The number of nitrogens with two attached hydrogens (primary N) is 1. The zero-order valence-electron chi connectivity index (χ0n) is 6.56. The number of carbonyl (C=O) groups is 1. The molecule has 3 unspecified atom stereocenters. The Morgan fingerprint density at radius 3 is 2.58 bits per heavy atom. The number of epoxide rings is 1. The van der Waals surface area contributed by atoms with Gasteiger partial charge in [0.2, 0.25) is 0 Å². The molecule has 0 aromatic rings. The Balaban J connectivity index is 1.98. The maximum Gasteiger partial charge on any atom is 0.155 e. The third-order valence-electron chi connectivity index (χ3n) is 2.32. The first kappa shape index (κ1) is 7.71. The highest BCUT2D eigenvalue weighted by molar-refractivity contribution is 5.88. The van der Waals surface area contributed by atoms with Crippen LogP contribution < -0.4 is 5.73 Å². The van der Waals surface area contributed by atoms with Crippen molar-refractivity contribution < 1.29 is 9.53 Å². The highest BCUT2D eigenvalue weighted by Gasteiger charge is 2.49. The monoisotopic (exact) mass is 166 g/mol. The Morgan fingerprint density at radius 1 is 1.67 bits per heavy atom. The van der Waals surface area contributed by atoms with Crippen LogP contribution in [0.15, 0.2) is 0 Å². The summed E-state index contributed by atoms with van der Waals surface area (Å²) < 4.78 is 4.90. The fraction of sp³-hybridized carbons (Fsp3) is 0.750. The zero-order chi connectivity index (χ0) is 8.72. The second-order valence-corrected chi connectivity index (χ2v) is 3.35. The van der Waals surface area contributed by atoms with E-state index >= 15 is 0 Å². The fourth-order valence-electron chi connectivity index (χ4n) is 1.33. The molecule has 0 spiro atoms. The van der Waals surface area contributed by atoms with Gasteiger partial charge in [0.05, 0.1) is 6.07 Å². The number of Topliss-reactive ketones (excluding diaryl/α,β-unsaturated/α-hetero) is 1. The van der Waals surface area contributed by atoms with Gasteiger partial charge in [0.15, 0.2) is 5.78 Å². The molecule has 1 aliphatic heterocycles. The largest absolute Gasteiger partial charge is 0.352 e. The van der Waals surface area contributed by atoms with Gasteiger partial charge in [-0.15, -0.1) is 0 Å². The van der Waals surface area contributed by atoms with Gasteiger partial charge in [0, 0.05) is 5.92 Å². The first-order valence-electron chi connectivity index (χ1n) is 4.08. The van der Waals surface area contributed by atoms with Crippen molar-refractivity contribution in [2.45, 2.75) is 25.2 Å². The number of rotatable bonds is 3. The molecule has 0 radical (unpaired) electrons. The first-order chi connectivity index (χ1) is 5.74. The van der Waals surface area contributed by atoms with E-state index in [1.54, 1.807) is 0 Å². The van der Waals surface area contributed by atoms with E-state index in [2.05, 4.69) is 0 Å². The van der Waals surface area contributed by atoms with Crippen molar-refractivity contribution in [3.05, 3.63) is 0 Å². The summed E-state index contributed by atoms with van der Waals surface area (Å²) in [6.07, 6.45) is 1.14. The van der Waals surface area contributed by atoms with Crippen LogP contribution in [-0.4, -0.2) is 18.1 Å². The fourth-order valence-corrected chi connectivity index (χ4v) is 1.33. The molecule has 0 aromatic heterocycles. The van der Waals surface area contributed by atoms with Crippen molar-refractivity contribution in [2.24, 2.45) is 17.6 Å². The lowest BCUT2D eigenvalue weighted by Crippen LogP contribution is -2.23. The van der Waals surface area contributed by atoms with E-state index in [-0.39, 0.29) is 17.8 Å². The minimum atomic E-state index is -0.618. The molecule has 2 rings (SSSR count).